The lowest BCUT2D eigenvalue weighted by Crippen LogP contribution is -2.48. The molecule has 1 unspecified atom stereocenters. The van der Waals surface area contributed by atoms with Gasteiger partial charge in [0.15, 0.2) is 0 Å². The van der Waals surface area contributed by atoms with Gasteiger partial charge < -0.3 is 5.11 Å². The van der Waals surface area contributed by atoms with Gasteiger partial charge in [-0.2, -0.15) is 12.7 Å². The SMILES string of the molecule is CC(C)CNS(=O)(=O)N1CCCCCC1CO. The summed E-state index contributed by atoms with van der Waals surface area (Å²) in [7, 11) is -3.44. The summed E-state index contributed by atoms with van der Waals surface area (Å²) in [5.41, 5.74) is 0. The van der Waals surface area contributed by atoms with E-state index in [0.29, 0.717) is 13.1 Å². The van der Waals surface area contributed by atoms with Gasteiger partial charge in [0.1, 0.15) is 0 Å². The van der Waals surface area contributed by atoms with Gasteiger partial charge in [-0.05, 0) is 18.8 Å². The van der Waals surface area contributed by atoms with Crippen molar-refractivity contribution in [3.05, 3.63) is 0 Å². The average molecular weight is 264 g/mol. The summed E-state index contributed by atoms with van der Waals surface area (Å²) in [4.78, 5) is 0. The van der Waals surface area contributed by atoms with Crippen LogP contribution in [0.3, 0.4) is 0 Å². The molecule has 0 aromatic carbocycles. The van der Waals surface area contributed by atoms with Crippen molar-refractivity contribution < 1.29 is 13.5 Å². The maximum Gasteiger partial charge on any atom is 0.279 e. The second kappa shape index (κ2) is 6.68. The third kappa shape index (κ3) is 4.54. The molecule has 0 aromatic heterocycles. The van der Waals surface area contributed by atoms with Gasteiger partial charge in [-0.25, -0.2) is 4.72 Å². The minimum Gasteiger partial charge on any atom is -0.395 e. The van der Waals surface area contributed by atoms with Crippen LogP contribution in [0, 0.1) is 5.92 Å². The Hall–Kier alpha value is -0.170. The Morgan fingerprint density at radius 3 is 2.65 bits per heavy atom. The first-order chi connectivity index (χ1) is 7.97. The fraction of sp³-hybridized carbons (Fsp3) is 1.00. The van der Waals surface area contributed by atoms with Crippen LogP contribution in [0.1, 0.15) is 39.5 Å². The summed E-state index contributed by atoms with van der Waals surface area (Å²) in [6, 6.07) is -0.262. The Bertz CT molecular complexity index is 317. The zero-order valence-electron chi connectivity index (χ0n) is 10.7. The summed E-state index contributed by atoms with van der Waals surface area (Å²) in [6.45, 7) is 4.79. The van der Waals surface area contributed by atoms with Gasteiger partial charge >= 0.3 is 0 Å². The molecule has 1 saturated heterocycles. The Morgan fingerprint density at radius 1 is 1.35 bits per heavy atom. The number of nitrogens with one attached hydrogen (secondary N) is 1. The largest absolute Gasteiger partial charge is 0.395 e. The van der Waals surface area contributed by atoms with E-state index in [1.807, 2.05) is 13.8 Å². The highest BCUT2D eigenvalue weighted by atomic mass is 32.2. The second-order valence-electron chi connectivity index (χ2n) is 5.04. The summed E-state index contributed by atoms with van der Waals surface area (Å²) >= 11 is 0. The fourth-order valence-corrected chi connectivity index (χ4v) is 3.65. The highest BCUT2D eigenvalue weighted by molar-refractivity contribution is 7.87. The Labute approximate surface area is 104 Å². The van der Waals surface area contributed by atoms with E-state index in [1.165, 1.54) is 4.31 Å². The first kappa shape index (κ1) is 14.9. The van der Waals surface area contributed by atoms with Gasteiger partial charge in [-0.15, -0.1) is 0 Å². The van der Waals surface area contributed by atoms with E-state index in [4.69, 9.17) is 0 Å². The van der Waals surface area contributed by atoms with Crippen LogP contribution in [0.15, 0.2) is 0 Å². The van der Waals surface area contributed by atoms with Crippen molar-refractivity contribution in [3.8, 4) is 0 Å². The van der Waals surface area contributed by atoms with E-state index in [-0.39, 0.29) is 18.6 Å². The van der Waals surface area contributed by atoms with Gasteiger partial charge in [0.2, 0.25) is 0 Å². The summed E-state index contributed by atoms with van der Waals surface area (Å²) in [5.74, 6) is 0.282. The Kier molecular flexibility index (Phi) is 5.85. The van der Waals surface area contributed by atoms with Crippen LogP contribution in [0.2, 0.25) is 0 Å². The molecule has 17 heavy (non-hydrogen) atoms. The quantitative estimate of drug-likeness (QED) is 0.768. The van der Waals surface area contributed by atoms with Crippen LogP contribution in [0.25, 0.3) is 0 Å². The van der Waals surface area contributed by atoms with Crippen LogP contribution >= 0.6 is 0 Å². The van der Waals surface area contributed by atoms with E-state index in [2.05, 4.69) is 4.72 Å². The number of aliphatic hydroxyl groups is 1. The molecule has 1 fully saturated rings. The molecule has 0 bridgehead atoms. The third-order valence-electron chi connectivity index (χ3n) is 3.02. The van der Waals surface area contributed by atoms with E-state index in [9.17, 15) is 13.5 Å². The first-order valence-electron chi connectivity index (χ1n) is 6.34. The van der Waals surface area contributed by atoms with E-state index < -0.39 is 10.2 Å². The van der Waals surface area contributed by atoms with Crippen LogP contribution < -0.4 is 4.72 Å². The smallest absolute Gasteiger partial charge is 0.279 e. The van der Waals surface area contributed by atoms with Gasteiger partial charge in [0.05, 0.1) is 6.61 Å². The molecule has 0 saturated carbocycles. The highest BCUT2D eigenvalue weighted by Crippen LogP contribution is 2.19. The highest BCUT2D eigenvalue weighted by Gasteiger charge is 2.30. The molecule has 0 amide bonds. The van der Waals surface area contributed by atoms with E-state index in [1.54, 1.807) is 0 Å². The normalized spacial score (nSPS) is 23.9. The summed E-state index contributed by atoms with van der Waals surface area (Å²) in [5, 5.41) is 9.29. The molecule has 0 aliphatic carbocycles. The number of hydrogen-bond donors (Lipinski definition) is 2. The zero-order valence-corrected chi connectivity index (χ0v) is 11.5. The van der Waals surface area contributed by atoms with E-state index >= 15 is 0 Å². The predicted octanol–water partition coefficient (Wildman–Crippen LogP) is 0.714. The Balaban J connectivity index is 2.71. The van der Waals surface area contributed by atoms with Crippen molar-refractivity contribution in [2.75, 3.05) is 19.7 Å². The van der Waals surface area contributed by atoms with Crippen molar-refractivity contribution in [3.63, 3.8) is 0 Å². The molecule has 1 aliphatic rings. The van der Waals surface area contributed by atoms with Crippen LogP contribution in [-0.4, -0.2) is 43.6 Å². The lowest BCUT2D eigenvalue weighted by molar-refractivity contribution is 0.185. The molecule has 1 aliphatic heterocycles. The van der Waals surface area contributed by atoms with Crippen molar-refractivity contribution in [2.24, 2.45) is 5.92 Å². The molecule has 0 spiro atoms. The molecule has 1 atom stereocenters. The van der Waals surface area contributed by atoms with E-state index in [0.717, 1.165) is 25.7 Å². The first-order valence-corrected chi connectivity index (χ1v) is 7.78. The minimum atomic E-state index is -3.44. The maximum absolute atomic E-state index is 12.1. The Morgan fingerprint density at radius 2 is 2.06 bits per heavy atom. The predicted molar refractivity (Wildman–Crippen MR) is 67.8 cm³/mol. The van der Waals surface area contributed by atoms with Gasteiger partial charge in [-0.3, -0.25) is 0 Å². The van der Waals surface area contributed by atoms with Crippen LogP contribution in [0.4, 0.5) is 0 Å². The molecule has 5 nitrogen and oxygen atoms in total. The number of hydrogen-bond acceptors (Lipinski definition) is 3. The second-order valence-corrected chi connectivity index (χ2v) is 6.75. The molecule has 2 N–H and O–H groups in total. The zero-order chi connectivity index (χ0) is 12.9. The number of aliphatic hydroxyl groups excluding tert-OH is 1. The molecule has 102 valence electrons. The standard InChI is InChI=1S/C11H24N2O3S/c1-10(2)8-12-17(15,16)13-7-5-3-4-6-11(13)9-14/h10-12,14H,3-9H2,1-2H3. The average Bonchev–Trinajstić information content (AvgIpc) is 2.51. The van der Waals surface area contributed by atoms with Crippen molar-refractivity contribution in [1.29, 1.82) is 0 Å². The van der Waals surface area contributed by atoms with Gasteiger partial charge in [0, 0.05) is 19.1 Å². The summed E-state index contributed by atoms with van der Waals surface area (Å²) in [6.07, 6.45) is 3.65. The number of nitrogens with zero attached hydrogens (tertiary/aromatic N) is 1. The molecular formula is C11H24N2O3S. The molecule has 1 rings (SSSR count). The van der Waals surface area contributed by atoms with Crippen molar-refractivity contribution in [2.45, 2.75) is 45.6 Å². The van der Waals surface area contributed by atoms with Crippen molar-refractivity contribution >= 4 is 10.2 Å². The molecule has 1 heterocycles. The fourth-order valence-electron chi connectivity index (χ4n) is 2.00. The van der Waals surface area contributed by atoms with Crippen LogP contribution in [0.5, 0.6) is 0 Å². The topological polar surface area (TPSA) is 69.6 Å². The lowest BCUT2D eigenvalue weighted by atomic mass is 10.1. The minimum absolute atomic E-state index is 0.0947. The molecular weight excluding hydrogens is 240 g/mol. The molecule has 6 heteroatoms. The monoisotopic (exact) mass is 264 g/mol. The lowest BCUT2D eigenvalue weighted by Gasteiger charge is -2.28. The molecule has 0 aromatic rings. The van der Waals surface area contributed by atoms with Crippen LogP contribution in [-0.2, 0) is 10.2 Å². The molecule has 0 radical (unpaired) electrons. The number of rotatable bonds is 5. The third-order valence-corrected chi connectivity index (χ3v) is 4.65. The maximum atomic E-state index is 12.1. The van der Waals surface area contributed by atoms with Gasteiger partial charge in [0.25, 0.3) is 10.2 Å². The summed E-state index contributed by atoms with van der Waals surface area (Å²) < 4.78 is 28.3. The van der Waals surface area contributed by atoms with Gasteiger partial charge in [-0.1, -0.05) is 26.7 Å². The van der Waals surface area contributed by atoms with Crippen molar-refractivity contribution in [1.82, 2.24) is 9.03 Å².